The maximum absolute atomic E-state index is 12.8. The van der Waals surface area contributed by atoms with Crippen LogP contribution in [0, 0.1) is 4.78 Å². The molecule has 2 aromatic heterocycles. The van der Waals surface area contributed by atoms with E-state index < -0.39 is 40.1 Å². The number of hydrogen-bond acceptors (Lipinski definition) is 5. The first-order chi connectivity index (χ1) is 13.1. The Hall–Kier alpha value is -2.63. The van der Waals surface area contributed by atoms with Gasteiger partial charge in [0.15, 0.2) is 0 Å². The number of aliphatic hydroxyl groups is 1. The van der Waals surface area contributed by atoms with Crippen molar-refractivity contribution in [2.24, 2.45) is 7.05 Å². The van der Waals surface area contributed by atoms with Crippen molar-refractivity contribution >= 4 is 27.6 Å². The number of nitrogens with one attached hydrogen (secondary N) is 3. The molecule has 4 N–H and O–H groups in total. The number of anilines is 1. The van der Waals surface area contributed by atoms with E-state index in [-0.39, 0.29) is 21.8 Å². The Bertz CT molecular complexity index is 1050. The van der Waals surface area contributed by atoms with E-state index in [2.05, 4.69) is 15.0 Å². The molecule has 2 unspecified atom stereocenters. The van der Waals surface area contributed by atoms with Crippen molar-refractivity contribution in [3.8, 4) is 0 Å². The van der Waals surface area contributed by atoms with Gasteiger partial charge in [0.05, 0.1) is 17.0 Å². The smallest absolute Gasteiger partial charge is 0.280 e. The molecule has 150 valence electrons. The van der Waals surface area contributed by atoms with Gasteiger partial charge in [0, 0.05) is 30.7 Å². The Labute approximate surface area is 160 Å². The highest BCUT2D eigenvalue weighted by molar-refractivity contribution is 7.90. The molecule has 28 heavy (non-hydrogen) atoms. The molecule has 0 aliphatic carbocycles. The number of hydrogen-bond donors (Lipinski definition) is 4. The molecule has 3 atom stereocenters. The van der Waals surface area contributed by atoms with Gasteiger partial charge >= 0.3 is 0 Å². The molecule has 1 aliphatic rings. The summed E-state index contributed by atoms with van der Waals surface area (Å²) in [6.07, 6.45) is 1.94. The van der Waals surface area contributed by atoms with Crippen LogP contribution in [0.5, 0.6) is 0 Å². The topological polar surface area (TPSA) is 120 Å². The molecule has 1 amide bonds. The molecule has 8 nitrogen and oxygen atoms in total. The van der Waals surface area contributed by atoms with Crippen molar-refractivity contribution in [3.63, 3.8) is 0 Å². The second-order valence-electron chi connectivity index (χ2n) is 6.39. The number of halogens is 2. The van der Waals surface area contributed by atoms with Crippen molar-refractivity contribution in [2.75, 3.05) is 5.32 Å². The third-order valence-corrected chi connectivity index (χ3v) is 5.81. The Morgan fingerprint density at radius 1 is 1.50 bits per heavy atom. The SMILES string of the molecule is CC(O)[C@H]1C=Cc2c(cn(C)c2C(=O)Nc2ccnc(C(F)F)c2)S(=N)(=O)N1. The summed E-state index contributed by atoms with van der Waals surface area (Å²) < 4.78 is 50.6. The molecule has 0 radical (unpaired) electrons. The summed E-state index contributed by atoms with van der Waals surface area (Å²) in [5.41, 5.74) is 0.0319. The minimum absolute atomic E-state index is 0.0996. The van der Waals surface area contributed by atoms with Gasteiger partial charge in [0.2, 0.25) is 0 Å². The van der Waals surface area contributed by atoms with E-state index in [1.54, 1.807) is 7.05 Å². The van der Waals surface area contributed by atoms with E-state index in [0.717, 1.165) is 12.3 Å². The van der Waals surface area contributed by atoms with Crippen LogP contribution in [-0.4, -0.2) is 36.9 Å². The lowest BCUT2D eigenvalue weighted by atomic mass is 10.1. The Kier molecular flexibility index (Phi) is 5.33. The first-order valence-corrected chi connectivity index (χ1v) is 9.83. The number of aliphatic hydroxyl groups excluding tert-OH is 1. The van der Waals surface area contributed by atoms with Crippen molar-refractivity contribution in [2.45, 2.75) is 30.4 Å². The number of fused-ring (bicyclic) bond motifs is 1. The van der Waals surface area contributed by atoms with E-state index in [9.17, 15) is 22.9 Å². The fraction of sp³-hybridized carbons (Fsp3) is 0.294. The zero-order valence-corrected chi connectivity index (χ0v) is 15.8. The lowest BCUT2D eigenvalue weighted by molar-refractivity contribution is 0.101. The van der Waals surface area contributed by atoms with E-state index in [1.807, 2.05) is 0 Å². The van der Waals surface area contributed by atoms with E-state index in [1.165, 1.54) is 35.9 Å². The molecule has 2 aromatic rings. The minimum atomic E-state index is -3.48. The fourth-order valence-corrected chi connectivity index (χ4v) is 4.45. The zero-order chi connectivity index (χ0) is 20.6. The van der Waals surface area contributed by atoms with Crippen molar-refractivity contribution in [3.05, 3.63) is 47.6 Å². The molecular formula is C17H19F2N5O3S. The standard InChI is InChI=1S/C17H19F2N5O3S/c1-9(25)12-4-3-11-14(28(20,27)23-12)8-24(2)15(11)17(26)22-10-5-6-21-13(7-10)16(18)19/h3-9,12,16,25H,1-2H3,(H2,20,23,27)(H,21,22,26)/t9?,12-,28?/m1/s1. The van der Waals surface area contributed by atoms with Gasteiger partial charge in [-0.25, -0.2) is 22.5 Å². The highest BCUT2D eigenvalue weighted by Gasteiger charge is 2.29. The molecule has 0 aromatic carbocycles. The molecule has 11 heteroatoms. The highest BCUT2D eigenvalue weighted by atomic mass is 32.2. The van der Waals surface area contributed by atoms with Crippen LogP contribution < -0.4 is 10.0 Å². The van der Waals surface area contributed by atoms with Gasteiger partial charge in [0.1, 0.15) is 21.3 Å². The molecule has 1 aliphatic heterocycles. The summed E-state index contributed by atoms with van der Waals surface area (Å²) in [4.78, 5) is 16.4. The summed E-state index contributed by atoms with van der Waals surface area (Å²) in [7, 11) is -1.93. The number of carbonyl (C=O) groups is 1. The molecule has 0 spiro atoms. The van der Waals surface area contributed by atoms with Gasteiger partial charge in [-0.1, -0.05) is 12.2 Å². The van der Waals surface area contributed by atoms with E-state index in [4.69, 9.17) is 4.78 Å². The minimum Gasteiger partial charge on any atom is -0.391 e. The average molecular weight is 411 g/mol. The van der Waals surface area contributed by atoms with Crippen LogP contribution in [0.3, 0.4) is 0 Å². The summed E-state index contributed by atoms with van der Waals surface area (Å²) in [6, 6.07) is 1.71. The number of carbonyl (C=O) groups excluding carboxylic acids is 1. The molecule has 3 heterocycles. The average Bonchev–Trinajstić information content (AvgIpc) is 2.89. The number of alkyl halides is 2. The Morgan fingerprint density at radius 3 is 2.86 bits per heavy atom. The van der Waals surface area contributed by atoms with Crippen LogP contribution in [0.4, 0.5) is 14.5 Å². The monoisotopic (exact) mass is 411 g/mol. The highest BCUT2D eigenvalue weighted by Crippen LogP contribution is 2.28. The van der Waals surface area contributed by atoms with Crippen LogP contribution in [0.25, 0.3) is 6.08 Å². The second kappa shape index (κ2) is 7.41. The molecule has 0 fully saturated rings. The molecule has 0 bridgehead atoms. The quantitative estimate of drug-likeness (QED) is 0.617. The molecular weight excluding hydrogens is 392 g/mol. The Balaban J connectivity index is 2.00. The van der Waals surface area contributed by atoms with Gasteiger partial charge in [0.25, 0.3) is 12.3 Å². The summed E-state index contributed by atoms with van der Waals surface area (Å²) >= 11 is 0. The lowest BCUT2D eigenvalue weighted by Gasteiger charge is -2.17. The predicted octanol–water partition coefficient (Wildman–Crippen LogP) is 2.30. The lowest BCUT2D eigenvalue weighted by Crippen LogP contribution is -2.39. The normalized spacial score (nSPS) is 22.6. The summed E-state index contributed by atoms with van der Waals surface area (Å²) in [5.74, 6) is -0.620. The maximum Gasteiger partial charge on any atom is 0.280 e. The van der Waals surface area contributed by atoms with Crippen LogP contribution >= 0.6 is 0 Å². The number of amides is 1. The van der Waals surface area contributed by atoms with Gasteiger partial charge in [-0.15, -0.1) is 0 Å². The van der Waals surface area contributed by atoms with Crippen molar-refractivity contribution in [1.82, 2.24) is 14.3 Å². The van der Waals surface area contributed by atoms with Crippen LogP contribution in [0.1, 0.15) is 35.1 Å². The zero-order valence-electron chi connectivity index (χ0n) is 15.0. The molecule has 3 rings (SSSR count). The maximum atomic E-state index is 12.8. The van der Waals surface area contributed by atoms with Crippen LogP contribution in [0.2, 0.25) is 0 Å². The van der Waals surface area contributed by atoms with Gasteiger partial charge in [-0.3, -0.25) is 9.78 Å². The second-order valence-corrected chi connectivity index (χ2v) is 8.18. The number of aryl methyl sites for hydroxylation is 1. The van der Waals surface area contributed by atoms with Gasteiger partial charge < -0.3 is 15.0 Å². The predicted molar refractivity (Wildman–Crippen MR) is 99.3 cm³/mol. The summed E-state index contributed by atoms with van der Waals surface area (Å²) in [6.45, 7) is 1.49. The third-order valence-electron chi connectivity index (χ3n) is 4.26. The molecule has 0 saturated carbocycles. The fourth-order valence-electron chi connectivity index (χ4n) is 2.88. The van der Waals surface area contributed by atoms with Crippen molar-refractivity contribution < 1.29 is 22.9 Å². The van der Waals surface area contributed by atoms with E-state index >= 15 is 0 Å². The largest absolute Gasteiger partial charge is 0.391 e. The van der Waals surface area contributed by atoms with E-state index in [0.29, 0.717) is 0 Å². The van der Waals surface area contributed by atoms with Gasteiger partial charge in [-0.05, 0) is 19.1 Å². The summed E-state index contributed by atoms with van der Waals surface area (Å²) in [5, 5.41) is 12.3. The number of aromatic nitrogens is 2. The number of nitrogens with zero attached hydrogens (tertiary/aromatic N) is 2. The first-order valence-electron chi connectivity index (χ1n) is 8.27. The molecule has 0 saturated heterocycles. The third kappa shape index (κ3) is 3.81. The first kappa shape index (κ1) is 20.1. The van der Waals surface area contributed by atoms with Gasteiger partial charge in [-0.2, -0.15) is 0 Å². The number of pyridine rings is 1. The number of rotatable bonds is 4. The van der Waals surface area contributed by atoms with Crippen LogP contribution in [0.15, 0.2) is 35.5 Å². The van der Waals surface area contributed by atoms with Crippen LogP contribution in [-0.2, 0) is 17.0 Å². The van der Waals surface area contributed by atoms with Crippen molar-refractivity contribution in [1.29, 1.82) is 4.78 Å². The Morgan fingerprint density at radius 2 is 2.21 bits per heavy atom.